The van der Waals surface area contributed by atoms with Crippen molar-refractivity contribution < 1.29 is 12.9 Å². The first kappa shape index (κ1) is 16.2. The van der Waals surface area contributed by atoms with Crippen LogP contribution in [0, 0.1) is 25.2 Å². The molecule has 2 heterocycles. The Kier molecular flexibility index (Phi) is 4.09. The number of thiophene rings is 1. The van der Waals surface area contributed by atoms with Crippen LogP contribution in [0.2, 0.25) is 0 Å². The monoisotopic (exact) mass is 360 g/mol. The van der Waals surface area contributed by atoms with Gasteiger partial charge < -0.3 is 4.52 Å². The molecule has 1 aromatic carbocycles. The zero-order chi connectivity index (χ0) is 17.3. The second-order valence-electron chi connectivity index (χ2n) is 4.97. The van der Waals surface area contributed by atoms with E-state index in [1.165, 1.54) is 23.5 Å². The standard InChI is InChI=1S/C15H12N4O3S2/c1-9-14(7-13(23-9)15-17-10(2)22-18-15)24(20,21)19-12-5-3-4-11(6-12)8-16/h3-7,19H,1-2H3. The van der Waals surface area contributed by atoms with Gasteiger partial charge in [-0.15, -0.1) is 11.3 Å². The maximum Gasteiger partial charge on any atom is 0.263 e. The van der Waals surface area contributed by atoms with Crippen molar-refractivity contribution >= 4 is 27.0 Å². The van der Waals surface area contributed by atoms with Gasteiger partial charge in [-0.3, -0.25) is 4.72 Å². The van der Waals surface area contributed by atoms with E-state index in [0.29, 0.717) is 32.7 Å². The molecular formula is C15H12N4O3S2. The van der Waals surface area contributed by atoms with Crippen molar-refractivity contribution in [3.63, 3.8) is 0 Å². The van der Waals surface area contributed by atoms with Crippen LogP contribution in [0.15, 0.2) is 39.8 Å². The fourth-order valence-corrected chi connectivity index (χ4v) is 4.67. The van der Waals surface area contributed by atoms with E-state index in [1.807, 2.05) is 6.07 Å². The Morgan fingerprint density at radius 2 is 2.08 bits per heavy atom. The van der Waals surface area contributed by atoms with Gasteiger partial charge in [-0.1, -0.05) is 11.2 Å². The Balaban J connectivity index is 1.95. The summed E-state index contributed by atoms with van der Waals surface area (Å²) in [5, 5.41) is 12.7. The first-order valence-corrected chi connectivity index (χ1v) is 9.13. The third kappa shape index (κ3) is 3.15. The topological polar surface area (TPSA) is 109 Å². The molecule has 0 saturated heterocycles. The predicted molar refractivity (Wildman–Crippen MR) is 89.1 cm³/mol. The number of nitrogens with one attached hydrogen (secondary N) is 1. The Bertz CT molecular complexity index is 1040. The lowest BCUT2D eigenvalue weighted by atomic mass is 10.2. The van der Waals surface area contributed by atoms with E-state index < -0.39 is 10.0 Å². The number of anilines is 1. The average Bonchev–Trinajstić information content (AvgIpc) is 3.13. The number of hydrogen-bond acceptors (Lipinski definition) is 7. The summed E-state index contributed by atoms with van der Waals surface area (Å²) in [6.45, 7) is 3.37. The molecule has 7 nitrogen and oxygen atoms in total. The third-order valence-electron chi connectivity index (χ3n) is 3.15. The number of aromatic nitrogens is 2. The highest BCUT2D eigenvalue weighted by Gasteiger charge is 2.22. The van der Waals surface area contributed by atoms with Gasteiger partial charge in [0.2, 0.25) is 11.7 Å². The lowest BCUT2D eigenvalue weighted by Crippen LogP contribution is -2.13. The molecule has 0 aliphatic carbocycles. The van der Waals surface area contributed by atoms with Crippen LogP contribution < -0.4 is 4.72 Å². The van der Waals surface area contributed by atoms with Crippen LogP contribution in [0.3, 0.4) is 0 Å². The van der Waals surface area contributed by atoms with Gasteiger partial charge in [0.1, 0.15) is 4.90 Å². The molecule has 122 valence electrons. The van der Waals surface area contributed by atoms with E-state index in [4.69, 9.17) is 9.78 Å². The molecule has 0 aliphatic rings. The molecule has 1 N–H and O–H groups in total. The Labute approximate surface area is 142 Å². The summed E-state index contributed by atoms with van der Waals surface area (Å²) in [6, 6.07) is 9.77. The van der Waals surface area contributed by atoms with E-state index in [1.54, 1.807) is 32.0 Å². The fourth-order valence-electron chi connectivity index (χ4n) is 2.10. The third-order valence-corrected chi connectivity index (χ3v) is 5.84. The van der Waals surface area contributed by atoms with Gasteiger partial charge >= 0.3 is 0 Å². The number of aryl methyl sites for hydroxylation is 2. The number of nitriles is 1. The number of nitrogens with zero attached hydrogens (tertiary/aromatic N) is 3. The maximum atomic E-state index is 12.6. The SMILES string of the molecule is Cc1nc(-c2cc(S(=O)(=O)Nc3cccc(C#N)c3)c(C)s2)no1. The molecular weight excluding hydrogens is 348 g/mol. The molecule has 9 heteroatoms. The lowest BCUT2D eigenvalue weighted by Gasteiger charge is -2.07. The van der Waals surface area contributed by atoms with Crippen LogP contribution in [0.1, 0.15) is 16.3 Å². The van der Waals surface area contributed by atoms with Crippen molar-refractivity contribution in [2.24, 2.45) is 0 Å². The highest BCUT2D eigenvalue weighted by Crippen LogP contribution is 2.33. The van der Waals surface area contributed by atoms with Crippen LogP contribution in [0.25, 0.3) is 10.7 Å². The molecule has 0 saturated carbocycles. The summed E-state index contributed by atoms with van der Waals surface area (Å²) >= 11 is 1.27. The highest BCUT2D eigenvalue weighted by molar-refractivity contribution is 7.93. The first-order chi connectivity index (χ1) is 11.4. The zero-order valence-corrected chi connectivity index (χ0v) is 14.4. The number of sulfonamides is 1. The minimum atomic E-state index is -3.78. The van der Waals surface area contributed by atoms with E-state index in [2.05, 4.69) is 14.9 Å². The summed E-state index contributed by atoms with van der Waals surface area (Å²) in [5.41, 5.74) is 0.705. The summed E-state index contributed by atoms with van der Waals surface area (Å²) < 4.78 is 32.6. The molecule has 0 atom stereocenters. The average molecular weight is 360 g/mol. The highest BCUT2D eigenvalue weighted by atomic mass is 32.2. The molecule has 3 rings (SSSR count). The lowest BCUT2D eigenvalue weighted by molar-refractivity contribution is 0.394. The van der Waals surface area contributed by atoms with Gasteiger partial charge in [0, 0.05) is 11.8 Å². The quantitative estimate of drug-likeness (QED) is 0.766. The summed E-state index contributed by atoms with van der Waals surface area (Å²) in [6.07, 6.45) is 0. The van der Waals surface area contributed by atoms with Crippen molar-refractivity contribution in [2.75, 3.05) is 4.72 Å². The molecule has 3 aromatic rings. The summed E-state index contributed by atoms with van der Waals surface area (Å²) in [5.74, 6) is 0.764. The van der Waals surface area contributed by atoms with Crippen LogP contribution in [0.5, 0.6) is 0 Å². The summed E-state index contributed by atoms with van der Waals surface area (Å²) in [4.78, 5) is 5.47. The fraction of sp³-hybridized carbons (Fsp3) is 0.133. The Morgan fingerprint density at radius 3 is 2.75 bits per heavy atom. The second kappa shape index (κ2) is 6.07. The molecule has 0 unspecified atom stereocenters. The molecule has 0 fully saturated rings. The van der Waals surface area contributed by atoms with Crippen molar-refractivity contribution in [3.05, 3.63) is 46.7 Å². The minimum absolute atomic E-state index is 0.146. The smallest absolute Gasteiger partial charge is 0.263 e. The molecule has 0 bridgehead atoms. The zero-order valence-electron chi connectivity index (χ0n) is 12.8. The van der Waals surface area contributed by atoms with E-state index in [-0.39, 0.29) is 4.90 Å². The molecule has 0 aliphatic heterocycles. The molecule has 2 aromatic heterocycles. The van der Waals surface area contributed by atoms with Gasteiger partial charge in [0.05, 0.1) is 22.2 Å². The van der Waals surface area contributed by atoms with Crippen LogP contribution >= 0.6 is 11.3 Å². The van der Waals surface area contributed by atoms with Crippen LogP contribution in [0.4, 0.5) is 5.69 Å². The van der Waals surface area contributed by atoms with E-state index in [0.717, 1.165) is 0 Å². The van der Waals surface area contributed by atoms with Crippen LogP contribution in [-0.4, -0.2) is 18.6 Å². The molecule has 0 spiro atoms. The van der Waals surface area contributed by atoms with Crippen molar-refractivity contribution in [2.45, 2.75) is 18.7 Å². The number of benzene rings is 1. The maximum absolute atomic E-state index is 12.6. The van der Waals surface area contributed by atoms with Gasteiger partial charge in [0.15, 0.2) is 0 Å². The Hall–Kier alpha value is -2.70. The minimum Gasteiger partial charge on any atom is -0.339 e. The van der Waals surface area contributed by atoms with Gasteiger partial charge in [-0.25, -0.2) is 8.42 Å². The normalized spacial score (nSPS) is 11.2. The van der Waals surface area contributed by atoms with E-state index in [9.17, 15) is 8.42 Å². The van der Waals surface area contributed by atoms with E-state index >= 15 is 0 Å². The van der Waals surface area contributed by atoms with Crippen molar-refractivity contribution in [1.82, 2.24) is 10.1 Å². The predicted octanol–water partition coefficient (Wildman–Crippen LogP) is 3.09. The van der Waals surface area contributed by atoms with Crippen molar-refractivity contribution in [1.29, 1.82) is 5.26 Å². The Morgan fingerprint density at radius 1 is 1.29 bits per heavy atom. The first-order valence-electron chi connectivity index (χ1n) is 6.83. The number of hydrogen-bond donors (Lipinski definition) is 1. The van der Waals surface area contributed by atoms with Crippen molar-refractivity contribution in [3.8, 4) is 16.8 Å². The molecule has 0 radical (unpaired) electrons. The van der Waals surface area contributed by atoms with Gasteiger partial charge in [-0.2, -0.15) is 10.2 Å². The second-order valence-corrected chi connectivity index (χ2v) is 7.87. The van der Waals surface area contributed by atoms with Crippen LogP contribution in [-0.2, 0) is 10.0 Å². The molecule has 24 heavy (non-hydrogen) atoms. The molecule has 0 amide bonds. The largest absolute Gasteiger partial charge is 0.339 e. The van der Waals surface area contributed by atoms with Gasteiger partial charge in [-0.05, 0) is 31.2 Å². The van der Waals surface area contributed by atoms with Gasteiger partial charge in [0.25, 0.3) is 10.0 Å². The summed E-state index contributed by atoms with van der Waals surface area (Å²) in [7, 11) is -3.78. The number of rotatable bonds is 4.